The first kappa shape index (κ1) is 13.8. The SMILES string of the molecule is CSCC[C@@H](NC(=O)CC(=O)O)C(=O)O. The number of rotatable bonds is 7. The lowest BCUT2D eigenvalue weighted by atomic mass is 10.2. The average Bonchev–Trinajstić information content (AvgIpc) is 2.10. The second-order valence-corrected chi connectivity index (χ2v) is 3.80. The third-order valence-corrected chi connectivity index (χ3v) is 2.20. The minimum Gasteiger partial charge on any atom is -0.481 e. The van der Waals surface area contributed by atoms with Crippen LogP contribution in [0, 0.1) is 0 Å². The summed E-state index contributed by atoms with van der Waals surface area (Å²) < 4.78 is 0. The van der Waals surface area contributed by atoms with Gasteiger partial charge in [-0.15, -0.1) is 0 Å². The van der Waals surface area contributed by atoms with Crippen molar-refractivity contribution < 1.29 is 24.6 Å². The van der Waals surface area contributed by atoms with Crippen LogP contribution in [0.4, 0.5) is 0 Å². The smallest absolute Gasteiger partial charge is 0.326 e. The van der Waals surface area contributed by atoms with Crippen molar-refractivity contribution in [2.75, 3.05) is 12.0 Å². The van der Waals surface area contributed by atoms with Gasteiger partial charge in [0.2, 0.25) is 5.91 Å². The van der Waals surface area contributed by atoms with Gasteiger partial charge < -0.3 is 15.5 Å². The molecule has 0 heterocycles. The third kappa shape index (κ3) is 6.78. The van der Waals surface area contributed by atoms with E-state index in [9.17, 15) is 14.4 Å². The van der Waals surface area contributed by atoms with Crippen molar-refractivity contribution in [3.63, 3.8) is 0 Å². The number of carbonyl (C=O) groups is 3. The lowest BCUT2D eigenvalue weighted by molar-refractivity contribution is -0.145. The number of carboxylic acid groups (broad SMARTS) is 2. The zero-order valence-corrected chi connectivity index (χ0v) is 9.04. The normalized spacial score (nSPS) is 11.8. The Balaban J connectivity index is 4.10. The van der Waals surface area contributed by atoms with Gasteiger partial charge in [-0.3, -0.25) is 9.59 Å². The molecule has 15 heavy (non-hydrogen) atoms. The van der Waals surface area contributed by atoms with Crippen molar-refractivity contribution in [3.05, 3.63) is 0 Å². The number of amides is 1. The summed E-state index contributed by atoms with van der Waals surface area (Å²) in [5.41, 5.74) is 0. The molecule has 0 aromatic heterocycles. The van der Waals surface area contributed by atoms with Gasteiger partial charge in [0.05, 0.1) is 0 Å². The van der Waals surface area contributed by atoms with E-state index in [2.05, 4.69) is 5.32 Å². The van der Waals surface area contributed by atoms with Gasteiger partial charge in [0.25, 0.3) is 0 Å². The maximum atomic E-state index is 11.0. The maximum absolute atomic E-state index is 11.0. The minimum atomic E-state index is -1.28. The Labute approximate surface area is 91.0 Å². The first-order valence-electron chi connectivity index (χ1n) is 4.20. The van der Waals surface area contributed by atoms with E-state index in [0.29, 0.717) is 5.75 Å². The predicted octanol–water partition coefficient (Wildman–Crippen LogP) is -0.216. The fourth-order valence-corrected chi connectivity index (χ4v) is 1.35. The number of thioether (sulfide) groups is 1. The molecule has 86 valence electrons. The van der Waals surface area contributed by atoms with Gasteiger partial charge in [-0.2, -0.15) is 11.8 Å². The van der Waals surface area contributed by atoms with Crippen LogP contribution < -0.4 is 5.32 Å². The Morgan fingerprint density at radius 1 is 1.33 bits per heavy atom. The molecule has 0 spiro atoms. The molecule has 7 heteroatoms. The molecule has 0 aliphatic heterocycles. The van der Waals surface area contributed by atoms with E-state index in [1.54, 1.807) is 0 Å². The molecule has 0 aromatic rings. The molecule has 0 aliphatic rings. The molecular formula is C8H13NO5S. The molecule has 0 saturated carbocycles. The summed E-state index contributed by atoms with van der Waals surface area (Å²) in [7, 11) is 0. The largest absolute Gasteiger partial charge is 0.481 e. The van der Waals surface area contributed by atoms with Gasteiger partial charge in [0.15, 0.2) is 0 Å². The number of hydrogen-bond donors (Lipinski definition) is 3. The van der Waals surface area contributed by atoms with E-state index in [0.717, 1.165) is 0 Å². The molecule has 1 amide bonds. The van der Waals surface area contributed by atoms with Gasteiger partial charge in [0.1, 0.15) is 12.5 Å². The van der Waals surface area contributed by atoms with Crippen LogP contribution in [0.2, 0.25) is 0 Å². The van der Waals surface area contributed by atoms with Gasteiger partial charge in [-0.25, -0.2) is 4.79 Å². The number of aliphatic carboxylic acids is 2. The van der Waals surface area contributed by atoms with Crippen molar-refractivity contribution >= 4 is 29.6 Å². The minimum absolute atomic E-state index is 0.280. The van der Waals surface area contributed by atoms with Crippen LogP contribution in [-0.2, 0) is 14.4 Å². The summed E-state index contributed by atoms with van der Waals surface area (Å²) in [6.07, 6.45) is 1.39. The predicted molar refractivity (Wildman–Crippen MR) is 54.8 cm³/mol. The topological polar surface area (TPSA) is 104 Å². The highest BCUT2D eigenvalue weighted by molar-refractivity contribution is 7.98. The van der Waals surface area contributed by atoms with Gasteiger partial charge in [-0.05, 0) is 18.4 Å². The Morgan fingerprint density at radius 3 is 2.33 bits per heavy atom. The molecular weight excluding hydrogens is 222 g/mol. The molecule has 0 fully saturated rings. The average molecular weight is 235 g/mol. The van der Waals surface area contributed by atoms with Crippen molar-refractivity contribution in [1.29, 1.82) is 0 Å². The van der Waals surface area contributed by atoms with Crippen molar-refractivity contribution in [1.82, 2.24) is 5.32 Å². The second-order valence-electron chi connectivity index (χ2n) is 2.81. The van der Waals surface area contributed by atoms with Gasteiger partial charge in [-0.1, -0.05) is 0 Å². The highest BCUT2D eigenvalue weighted by Crippen LogP contribution is 2.01. The second kappa shape index (κ2) is 7.10. The first-order chi connectivity index (χ1) is 6.97. The van der Waals surface area contributed by atoms with Crippen molar-refractivity contribution in [3.8, 4) is 0 Å². The highest BCUT2D eigenvalue weighted by atomic mass is 32.2. The summed E-state index contributed by atoms with van der Waals surface area (Å²) in [5, 5.41) is 19.2. The zero-order chi connectivity index (χ0) is 11.8. The number of nitrogens with one attached hydrogen (secondary N) is 1. The standard InChI is InChI=1S/C8H13NO5S/c1-15-3-2-5(8(13)14)9-6(10)4-7(11)12/h5H,2-4H2,1H3,(H,9,10)(H,11,12)(H,13,14)/t5-/m1/s1. The molecule has 0 aliphatic carbocycles. The number of carbonyl (C=O) groups excluding carboxylic acids is 1. The quantitative estimate of drug-likeness (QED) is 0.527. The van der Waals surface area contributed by atoms with Crippen LogP contribution in [0.3, 0.4) is 0 Å². The van der Waals surface area contributed by atoms with Crippen LogP contribution >= 0.6 is 11.8 Å². The van der Waals surface area contributed by atoms with Crippen LogP contribution in [0.5, 0.6) is 0 Å². The van der Waals surface area contributed by atoms with Crippen LogP contribution in [0.1, 0.15) is 12.8 Å². The van der Waals surface area contributed by atoms with E-state index in [-0.39, 0.29) is 6.42 Å². The van der Waals surface area contributed by atoms with Crippen molar-refractivity contribution in [2.45, 2.75) is 18.9 Å². The molecule has 6 nitrogen and oxygen atoms in total. The number of carboxylic acids is 2. The maximum Gasteiger partial charge on any atom is 0.326 e. The summed E-state index contributed by atoms with van der Waals surface area (Å²) in [5.74, 6) is -2.62. The van der Waals surface area contributed by atoms with Crippen LogP contribution in [0.15, 0.2) is 0 Å². The monoisotopic (exact) mass is 235 g/mol. The molecule has 0 saturated heterocycles. The van der Waals surface area contributed by atoms with E-state index in [4.69, 9.17) is 10.2 Å². The van der Waals surface area contributed by atoms with E-state index < -0.39 is 30.3 Å². The Morgan fingerprint density at radius 2 is 1.93 bits per heavy atom. The lowest BCUT2D eigenvalue weighted by Gasteiger charge is -2.12. The molecule has 0 rings (SSSR count). The van der Waals surface area contributed by atoms with Gasteiger partial charge in [0, 0.05) is 0 Å². The molecule has 0 bridgehead atoms. The third-order valence-electron chi connectivity index (χ3n) is 1.56. The van der Waals surface area contributed by atoms with Crippen LogP contribution in [0.25, 0.3) is 0 Å². The summed E-state index contributed by atoms with van der Waals surface area (Å²) in [6.45, 7) is 0. The van der Waals surface area contributed by atoms with Crippen molar-refractivity contribution in [2.24, 2.45) is 0 Å². The molecule has 0 aromatic carbocycles. The molecule has 0 unspecified atom stereocenters. The van der Waals surface area contributed by atoms with Gasteiger partial charge >= 0.3 is 11.9 Å². The Kier molecular flexibility index (Phi) is 6.52. The fourth-order valence-electron chi connectivity index (χ4n) is 0.876. The Bertz CT molecular complexity index is 255. The molecule has 0 radical (unpaired) electrons. The zero-order valence-electron chi connectivity index (χ0n) is 8.23. The fraction of sp³-hybridized carbons (Fsp3) is 0.625. The first-order valence-corrected chi connectivity index (χ1v) is 5.59. The van der Waals surface area contributed by atoms with E-state index >= 15 is 0 Å². The van der Waals surface area contributed by atoms with Crippen LogP contribution in [-0.4, -0.2) is 46.1 Å². The summed E-state index contributed by atoms with van der Waals surface area (Å²) >= 11 is 1.46. The Hall–Kier alpha value is -1.24. The summed E-state index contributed by atoms with van der Waals surface area (Å²) in [4.78, 5) is 31.8. The van der Waals surface area contributed by atoms with E-state index in [1.165, 1.54) is 11.8 Å². The molecule has 3 N–H and O–H groups in total. The highest BCUT2D eigenvalue weighted by Gasteiger charge is 2.20. The molecule has 1 atom stereocenters. The van der Waals surface area contributed by atoms with E-state index in [1.807, 2.05) is 6.26 Å². The number of hydrogen-bond acceptors (Lipinski definition) is 4. The summed E-state index contributed by atoms with van der Waals surface area (Å²) in [6, 6.07) is -1.01. The lowest BCUT2D eigenvalue weighted by Crippen LogP contribution is -2.41.